The zero-order chi connectivity index (χ0) is 13.9. The third-order valence-corrected chi connectivity index (χ3v) is 2.73. The summed E-state index contributed by atoms with van der Waals surface area (Å²) in [6, 6.07) is 2.17. The number of hydrogen-bond donors (Lipinski definition) is 2. The Hall–Kier alpha value is -2.11. The second-order valence-electron chi connectivity index (χ2n) is 4.14. The van der Waals surface area contributed by atoms with Gasteiger partial charge in [-0.15, -0.1) is 0 Å². The number of aryl methyl sites for hydroxylation is 2. The van der Waals surface area contributed by atoms with Gasteiger partial charge < -0.3 is 15.3 Å². The van der Waals surface area contributed by atoms with Crippen LogP contribution in [0.25, 0.3) is 0 Å². The number of carbonyl (C=O) groups excluding carboxylic acids is 1. The van der Waals surface area contributed by atoms with Crippen molar-refractivity contribution in [3.05, 3.63) is 23.5 Å². The molecule has 6 nitrogen and oxygen atoms in total. The highest BCUT2D eigenvalue weighted by molar-refractivity contribution is 5.92. The monoisotopic (exact) mass is 251 g/mol. The van der Waals surface area contributed by atoms with E-state index < -0.39 is 18.0 Å². The van der Waals surface area contributed by atoms with Crippen molar-refractivity contribution in [1.29, 1.82) is 0 Å². The maximum atomic E-state index is 11.8. The summed E-state index contributed by atoms with van der Waals surface area (Å²) < 4.78 is 0. The lowest BCUT2D eigenvalue weighted by atomic mass is 10.2. The number of urea groups is 1. The van der Waals surface area contributed by atoms with Crippen molar-refractivity contribution in [2.45, 2.75) is 26.8 Å². The first-order chi connectivity index (χ1) is 8.32. The molecule has 0 aliphatic carbocycles. The van der Waals surface area contributed by atoms with Gasteiger partial charge in [0.1, 0.15) is 6.04 Å². The lowest BCUT2D eigenvalue weighted by Crippen LogP contribution is -2.42. The van der Waals surface area contributed by atoms with Gasteiger partial charge in [-0.2, -0.15) is 0 Å². The number of anilines is 1. The van der Waals surface area contributed by atoms with Crippen LogP contribution < -0.4 is 5.32 Å². The average Bonchev–Trinajstić information content (AvgIpc) is 2.30. The van der Waals surface area contributed by atoms with Crippen LogP contribution in [0.5, 0.6) is 0 Å². The first kappa shape index (κ1) is 14.0. The summed E-state index contributed by atoms with van der Waals surface area (Å²) in [5.74, 6) is -1.05. The standard InChI is InChI=1S/C12H17N3O3/c1-7-5-6-10(8(2)13-7)14-12(18)15(4)9(3)11(16)17/h5-6,9H,1-4H3,(H,14,18)(H,16,17). The molecule has 98 valence electrons. The number of amides is 2. The number of carboxylic acids is 1. The van der Waals surface area contributed by atoms with Crippen molar-refractivity contribution in [3.63, 3.8) is 0 Å². The number of hydrogen-bond acceptors (Lipinski definition) is 3. The highest BCUT2D eigenvalue weighted by Gasteiger charge is 2.21. The van der Waals surface area contributed by atoms with Crippen molar-refractivity contribution in [2.24, 2.45) is 0 Å². The number of nitrogens with one attached hydrogen (secondary N) is 1. The van der Waals surface area contributed by atoms with Gasteiger partial charge >= 0.3 is 12.0 Å². The minimum atomic E-state index is -1.05. The topological polar surface area (TPSA) is 82.5 Å². The van der Waals surface area contributed by atoms with E-state index in [0.29, 0.717) is 11.4 Å². The Labute approximate surface area is 106 Å². The minimum absolute atomic E-state index is 0.473. The van der Waals surface area contributed by atoms with Crippen LogP contribution in [0.2, 0.25) is 0 Å². The Balaban J connectivity index is 2.78. The average molecular weight is 251 g/mol. The molecule has 1 atom stereocenters. The molecule has 0 radical (unpaired) electrons. The van der Waals surface area contributed by atoms with Gasteiger partial charge in [0.25, 0.3) is 0 Å². The maximum Gasteiger partial charge on any atom is 0.326 e. The molecule has 6 heteroatoms. The van der Waals surface area contributed by atoms with E-state index in [9.17, 15) is 9.59 Å². The van der Waals surface area contributed by atoms with E-state index in [1.165, 1.54) is 14.0 Å². The van der Waals surface area contributed by atoms with Crippen molar-refractivity contribution in [2.75, 3.05) is 12.4 Å². The first-order valence-corrected chi connectivity index (χ1v) is 5.53. The van der Waals surface area contributed by atoms with Crippen molar-refractivity contribution in [1.82, 2.24) is 9.88 Å². The van der Waals surface area contributed by atoms with Crippen LogP contribution in [0.3, 0.4) is 0 Å². The second-order valence-corrected chi connectivity index (χ2v) is 4.14. The van der Waals surface area contributed by atoms with Crippen molar-refractivity contribution >= 4 is 17.7 Å². The van der Waals surface area contributed by atoms with Gasteiger partial charge in [-0.05, 0) is 32.9 Å². The van der Waals surface area contributed by atoms with E-state index in [1.54, 1.807) is 19.1 Å². The van der Waals surface area contributed by atoms with E-state index in [4.69, 9.17) is 5.11 Å². The summed E-state index contributed by atoms with van der Waals surface area (Å²) in [7, 11) is 1.44. The molecule has 0 spiro atoms. The Morgan fingerprint density at radius 2 is 2.00 bits per heavy atom. The molecule has 0 aliphatic rings. The van der Waals surface area contributed by atoms with Gasteiger partial charge in [-0.3, -0.25) is 4.98 Å². The fourth-order valence-electron chi connectivity index (χ4n) is 1.36. The number of carbonyl (C=O) groups is 2. The van der Waals surface area contributed by atoms with Crippen LogP contribution in [0.4, 0.5) is 10.5 Å². The smallest absolute Gasteiger partial charge is 0.326 e. The predicted molar refractivity (Wildman–Crippen MR) is 67.6 cm³/mol. The molecule has 18 heavy (non-hydrogen) atoms. The van der Waals surface area contributed by atoms with Crippen LogP contribution in [0, 0.1) is 13.8 Å². The Bertz CT molecular complexity index is 474. The number of pyridine rings is 1. The molecule has 0 fully saturated rings. The number of carboxylic acid groups (broad SMARTS) is 1. The van der Waals surface area contributed by atoms with Gasteiger partial charge in [-0.1, -0.05) is 0 Å². The van der Waals surface area contributed by atoms with Crippen LogP contribution in [-0.4, -0.2) is 40.1 Å². The third-order valence-electron chi connectivity index (χ3n) is 2.73. The normalized spacial score (nSPS) is 11.8. The number of likely N-dealkylation sites (N-methyl/N-ethyl adjacent to an activating group) is 1. The molecule has 0 saturated carbocycles. The summed E-state index contributed by atoms with van der Waals surface area (Å²) in [6.45, 7) is 5.09. The van der Waals surface area contributed by atoms with Gasteiger partial charge in [-0.25, -0.2) is 9.59 Å². The Morgan fingerprint density at radius 3 is 2.50 bits per heavy atom. The van der Waals surface area contributed by atoms with E-state index in [2.05, 4.69) is 10.3 Å². The first-order valence-electron chi connectivity index (χ1n) is 5.53. The molecule has 2 amide bonds. The van der Waals surface area contributed by atoms with E-state index >= 15 is 0 Å². The maximum absolute atomic E-state index is 11.8. The molecule has 1 aromatic rings. The minimum Gasteiger partial charge on any atom is -0.480 e. The van der Waals surface area contributed by atoms with Gasteiger partial charge in [0.05, 0.1) is 11.4 Å². The SMILES string of the molecule is Cc1ccc(NC(=O)N(C)C(C)C(=O)O)c(C)n1. The van der Waals surface area contributed by atoms with Crippen LogP contribution >= 0.6 is 0 Å². The predicted octanol–water partition coefficient (Wildman–Crippen LogP) is 1.64. The largest absolute Gasteiger partial charge is 0.480 e. The summed E-state index contributed by atoms with van der Waals surface area (Å²) in [6.07, 6.45) is 0. The second kappa shape index (κ2) is 5.48. The summed E-state index contributed by atoms with van der Waals surface area (Å²) in [5, 5.41) is 11.5. The summed E-state index contributed by atoms with van der Waals surface area (Å²) in [4.78, 5) is 27.9. The number of nitrogens with zero attached hydrogens (tertiary/aromatic N) is 2. The quantitative estimate of drug-likeness (QED) is 0.855. The van der Waals surface area contributed by atoms with E-state index in [1.807, 2.05) is 6.92 Å². The lowest BCUT2D eigenvalue weighted by molar-refractivity contribution is -0.141. The van der Waals surface area contributed by atoms with Gasteiger partial charge in [0.15, 0.2) is 0 Å². The summed E-state index contributed by atoms with van der Waals surface area (Å²) in [5.41, 5.74) is 2.13. The zero-order valence-electron chi connectivity index (χ0n) is 10.9. The molecule has 2 N–H and O–H groups in total. The highest BCUT2D eigenvalue weighted by atomic mass is 16.4. The van der Waals surface area contributed by atoms with E-state index in [0.717, 1.165) is 10.6 Å². The van der Waals surface area contributed by atoms with Gasteiger partial charge in [0.2, 0.25) is 0 Å². The third kappa shape index (κ3) is 3.19. The molecular formula is C12H17N3O3. The van der Waals surface area contributed by atoms with E-state index in [-0.39, 0.29) is 0 Å². The lowest BCUT2D eigenvalue weighted by Gasteiger charge is -2.22. The van der Waals surface area contributed by atoms with Crippen molar-refractivity contribution < 1.29 is 14.7 Å². The van der Waals surface area contributed by atoms with Crippen LogP contribution in [0.1, 0.15) is 18.3 Å². The Morgan fingerprint density at radius 1 is 1.39 bits per heavy atom. The molecule has 0 saturated heterocycles. The highest BCUT2D eigenvalue weighted by Crippen LogP contribution is 2.13. The van der Waals surface area contributed by atoms with Crippen LogP contribution in [0.15, 0.2) is 12.1 Å². The number of rotatable bonds is 3. The fraction of sp³-hybridized carbons (Fsp3) is 0.417. The van der Waals surface area contributed by atoms with Crippen LogP contribution in [-0.2, 0) is 4.79 Å². The molecule has 1 unspecified atom stereocenters. The van der Waals surface area contributed by atoms with Gasteiger partial charge in [0, 0.05) is 12.7 Å². The molecule has 0 aliphatic heterocycles. The molecule has 0 bridgehead atoms. The Kier molecular flexibility index (Phi) is 4.25. The number of aromatic nitrogens is 1. The molecule has 1 heterocycles. The van der Waals surface area contributed by atoms with Crippen molar-refractivity contribution in [3.8, 4) is 0 Å². The molecule has 1 rings (SSSR count). The molecule has 1 aromatic heterocycles. The summed E-state index contributed by atoms with van der Waals surface area (Å²) >= 11 is 0. The molecule has 0 aromatic carbocycles. The number of aliphatic carboxylic acids is 1. The fourth-order valence-corrected chi connectivity index (χ4v) is 1.36. The molecular weight excluding hydrogens is 234 g/mol. The zero-order valence-corrected chi connectivity index (χ0v) is 10.9.